The Morgan fingerprint density at radius 2 is 2.25 bits per heavy atom. The molecule has 0 amide bonds. The van der Waals surface area contributed by atoms with Gasteiger partial charge >= 0.3 is 6.18 Å². The van der Waals surface area contributed by atoms with E-state index in [0.29, 0.717) is 18.3 Å². The fraction of sp³-hybridized carbons (Fsp3) is 0.615. The Hall–Kier alpha value is -1.01. The molecule has 1 atom stereocenters. The lowest BCUT2D eigenvalue weighted by atomic mass is 10.1. The molecule has 0 radical (unpaired) electrons. The van der Waals surface area contributed by atoms with Crippen molar-refractivity contribution < 1.29 is 13.2 Å². The number of anilines is 1. The third-order valence-electron chi connectivity index (χ3n) is 3.54. The highest BCUT2D eigenvalue weighted by atomic mass is 35.5. The van der Waals surface area contributed by atoms with Crippen molar-refractivity contribution in [2.45, 2.75) is 19.5 Å². The molecule has 0 saturated carbocycles. The molecule has 2 rings (SSSR count). The van der Waals surface area contributed by atoms with E-state index in [1.54, 1.807) is 0 Å². The summed E-state index contributed by atoms with van der Waals surface area (Å²) < 4.78 is 37.5. The van der Waals surface area contributed by atoms with Gasteiger partial charge < -0.3 is 10.2 Å². The van der Waals surface area contributed by atoms with E-state index >= 15 is 0 Å². The molecule has 2 heterocycles. The van der Waals surface area contributed by atoms with E-state index in [0.717, 1.165) is 38.3 Å². The molecular weight excluding hydrogens is 291 g/mol. The third-order valence-corrected chi connectivity index (χ3v) is 3.83. The van der Waals surface area contributed by atoms with Crippen LogP contribution in [0.4, 0.5) is 19.0 Å². The quantitative estimate of drug-likeness (QED) is 0.922. The SMILES string of the molecule is CCN1CCC(CNc2ncc(C(F)(F)F)cc2Cl)C1. The van der Waals surface area contributed by atoms with Crippen molar-refractivity contribution in [1.82, 2.24) is 9.88 Å². The Kier molecular flexibility index (Phi) is 4.75. The van der Waals surface area contributed by atoms with Crippen molar-refractivity contribution in [3.05, 3.63) is 22.8 Å². The molecule has 0 aromatic carbocycles. The van der Waals surface area contributed by atoms with Gasteiger partial charge in [0.25, 0.3) is 0 Å². The summed E-state index contributed by atoms with van der Waals surface area (Å²) in [5, 5.41) is 3.05. The molecule has 0 bridgehead atoms. The van der Waals surface area contributed by atoms with E-state index in [4.69, 9.17) is 11.6 Å². The lowest BCUT2D eigenvalue weighted by molar-refractivity contribution is -0.137. The first-order valence-corrected chi connectivity index (χ1v) is 6.97. The number of alkyl halides is 3. The van der Waals surface area contributed by atoms with Crippen LogP contribution in [0.5, 0.6) is 0 Å². The Bertz CT molecular complexity index is 465. The summed E-state index contributed by atoms with van der Waals surface area (Å²) in [6, 6.07) is 0.907. The molecule has 1 aliphatic heterocycles. The smallest absolute Gasteiger partial charge is 0.369 e. The first-order valence-electron chi connectivity index (χ1n) is 6.59. The number of aromatic nitrogens is 1. The van der Waals surface area contributed by atoms with Gasteiger partial charge in [-0.2, -0.15) is 13.2 Å². The fourth-order valence-corrected chi connectivity index (χ4v) is 2.56. The highest BCUT2D eigenvalue weighted by molar-refractivity contribution is 6.32. The predicted octanol–water partition coefficient (Wildman–Crippen LogP) is 3.51. The van der Waals surface area contributed by atoms with E-state index < -0.39 is 11.7 Å². The van der Waals surface area contributed by atoms with Crippen molar-refractivity contribution in [3.8, 4) is 0 Å². The molecule has 20 heavy (non-hydrogen) atoms. The van der Waals surface area contributed by atoms with Crippen LogP contribution in [0.25, 0.3) is 0 Å². The number of likely N-dealkylation sites (tertiary alicyclic amines) is 1. The number of rotatable bonds is 4. The van der Waals surface area contributed by atoms with Gasteiger partial charge in [-0.3, -0.25) is 0 Å². The zero-order chi connectivity index (χ0) is 14.8. The number of pyridine rings is 1. The number of hydrogen-bond acceptors (Lipinski definition) is 3. The van der Waals surface area contributed by atoms with Gasteiger partial charge in [-0.05, 0) is 31.5 Å². The first kappa shape index (κ1) is 15.4. The normalized spacial score (nSPS) is 20.4. The average molecular weight is 308 g/mol. The summed E-state index contributed by atoms with van der Waals surface area (Å²) in [5.74, 6) is 0.796. The van der Waals surface area contributed by atoms with E-state index in [-0.39, 0.29) is 5.02 Å². The van der Waals surface area contributed by atoms with Crippen LogP contribution in [-0.2, 0) is 6.18 Å². The monoisotopic (exact) mass is 307 g/mol. The van der Waals surface area contributed by atoms with Crippen LogP contribution in [0, 0.1) is 5.92 Å². The fourth-order valence-electron chi connectivity index (χ4n) is 2.33. The predicted molar refractivity (Wildman–Crippen MR) is 73.0 cm³/mol. The Balaban J connectivity index is 1.94. The van der Waals surface area contributed by atoms with E-state index in [1.165, 1.54) is 0 Å². The number of nitrogens with zero attached hydrogens (tertiary/aromatic N) is 2. The van der Waals surface area contributed by atoms with Crippen LogP contribution < -0.4 is 5.32 Å². The molecule has 0 spiro atoms. The largest absolute Gasteiger partial charge is 0.417 e. The summed E-state index contributed by atoms with van der Waals surface area (Å²) in [5.41, 5.74) is -0.828. The van der Waals surface area contributed by atoms with E-state index in [9.17, 15) is 13.2 Å². The molecule has 1 fully saturated rings. The number of halogens is 4. The second-order valence-corrected chi connectivity index (χ2v) is 5.39. The van der Waals surface area contributed by atoms with Crippen LogP contribution in [0.2, 0.25) is 5.02 Å². The Labute approximate surface area is 121 Å². The zero-order valence-electron chi connectivity index (χ0n) is 11.2. The molecule has 112 valence electrons. The van der Waals surface area contributed by atoms with Gasteiger partial charge in [-0.15, -0.1) is 0 Å². The maximum absolute atomic E-state index is 12.5. The van der Waals surface area contributed by atoms with E-state index in [2.05, 4.69) is 22.1 Å². The van der Waals surface area contributed by atoms with Gasteiger partial charge in [0.15, 0.2) is 0 Å². The highest BCUT2D eigenvalue weighted by Crippen LogP contribution is 2.32. The minimum atomic E-state index is -4.41. The summed E-state index contributed by atoms with van der Waals surface area (Å²) in [4.78, 5) is 6.11. The average Bonchev–Trinajstić information content (AvgIpc) is 2.84. The standard InChI is InChI=1S/C13H17ClF3N3/c1-2-20-4-3-9(8-20)6-18-12-11(14)5-10(7-19-12)13(15,16)17/h5,7,9H,2-4,6,8H2,1H3,(H,18,19). The van der Waals surface area contributed by atoms with Gasteiger partial charge in [0, 0.05) is 19.3 Å². The summed E-state index contributed by atoms with van der Waals surface area (Å²) in [6.45, 7) is 5.88. The molecule has 1 unspecified atom stereocenters. The van der Waals surface area contributed by atoms with Crippen molar-refractivity contribution in [3.63, 3.8) is 0 Å². The van der Waals surface area contributed by atoms with Crippen molar-refractivity contribution >= 4 is 17.4 Å². The molecule has 1 N–H and O–H groups in total. The second kappa shape index (κ2) is 6.18. The summed E-state index contributed by atoms with van der Waals surface area (Å²) in [7, 11) is 0. The lowest BCUT2D eigenvalue weighted by Gasteiger charge is -2.15. The van der Waals surface area contributed by atoms with Crippen LogP contribution in [0.1, 0.15) is 18.9 Å². The topological polar surface area (TPSA) is 28.2 Å². The molecule has 1 aromatic rings. The van der Waals surface area contributed by atoms with Gasteiger partial charge in [-0.1, -0.05) is 18.5 Å². The number of nitrogens with one attached hydrogen (secondary N) is 1. The van der Waals surface area contributed by atoms with Crippen LogP contribution in [-0.4, -0.2) is 36.1 Å². The van der Waals surface area contributed by atoms with Crippen LogP contribution in [0.3, 0.4) is 0 Å². The molecule has 0 aliphatic carbocycles. The van der Waals surface area contributed by atoms with Gasteiger partial charge in [-0.25, -0.2) is 4.98 Å². The molecule has 3 nitrogen and oxygen atoms in total. The number of hydrogen-bond donors (Lipinski definition) is 1. The zero-order valence-corrected chi connectivity index (χ0v) is 11.9. The first-order chi connectivity index (χ1) is 9.40. The summed E-state index contributed by atoms with van der Waals surface area (Å²) >= 11 is 5.84. The molecule has 7 heteroatoms. The van der Waals surface area contributed by atoms with Crippen molar-refractivity contribution in [1.29, 1.82) is 0 Å². The summed E-state index contributed by atoms with van der Waals surface area (Å²) in [6.07, 6.45) is -2.53. The maximum Gasteiger partial charge on any atom is 0.417 e. The second-order valence-electron chi connectivity index (χ2n) is 4.98. The van der Waals surface area contributed by atoms with Gasteiger partial charge in [0.05, 0.1) is 10.6 Å². The van der Waals surface area contributed by atoms with Gasteiger partial charge in [0.1, 0.15) is 5.82 Å². The third kappa shape index (κ3) is 3.76. The van der Waals surface area contributed by atoms with Crippen molar-refractivity contribution in [2.75, 3.05) is 31.5 Å². The Morgan fingerprint density at radius 1 is 1.50 bits per heavy atom. The van der Waals surface area contributed by atoms with Crippen LogP contribution in [0.15, 0.2) is 12.3 Å². The molecule has 1 aromatic heterocycles. The molecule has 1 saturated heterocycles. The van der Waals surface area contributed by atoms with Gasteiger partial charge in [0.2, 0.25) is 0 Å². The minimum Gasteiger partial charge on any atom is -0.369 e. The van der Waals surface area contributed by atoms with Crippen LogP contribution >= 0.6 is 11.6 Å². The molecular formula is C13H17ClF3N3. The van der Waals surface area contributed by atoms with Crippen molar-refractivity contribution in [2.24, 2.45) is 5.92 Å². The minimum absolute atomic E-state index is 0.00479. The lowest BCUT2D eigenvalue weighted by Crippen LogP contribution is -2.22. The highest BCUT2D eigenvalue weighted by Gasteiger charge is 2.31. The maximum atomic E-state index is 12.5. The van der Waals surface area contributed by atoms with E-state index in [1.807, 2.05) is 0 Å². The molecule has 1 aliphatic rings. The Morgan fingerprint density at radius 3 is 2.80 bits per heavy atom.